The van der Waals surface area contributed by atoms with E-state index >= 15 is 0 Å². The molecule has 2 aromatic rings. The first-order valence-corrected chi connectivity index (χ1v) is 8.06. The average molecular weight is 332 g/mol. The van der Waals surface area contributed by atoms with E-state index in [0.717, 1.165) is 16.7 Å². The number of hydrogen-bond donors (Lipinski definition) is 2. The molecule has 2 N–H and O–H groups in total. The Morgan fingerprint density at radius 3 is 2.67 bits per heavy atom. The van der Waals surface area contributed by atoms with E-state index in [9.17, 15) is 14.7 Å². The lowest BCUT2D eigenvalue weighted by atomic mass is 10.0. The van der Waals surface area contributed by atoms with Crippen LogP contribution in [-0.2, 0) is 16.1 Å². The van der Waals surface area contributed by atoms with Crippen LogP contribution in [0, 0.1) is 5.92 Å². The topological polar surface area (TPSA) is 80.6 Å². The van der Waals surface area contributed by atoms with E-state index in [-0.39, 0.29) is 18.2 Å². The van der Waals surface area contributed by atoms with Crippen LogP contribution in [0.2, 0.25) is 0 Å². The maximum Gasteiger partial charge on any atom is 0.326 e. The number of carboxylic acids is 1. The van der Waals surface area contributed by atoms with Crippen LogP contribution in [-0.4, -0.2) is 34.7 Å². The molecule has 0 saturated heterocycles. The highest BCUT2D eigenvalue weighted by molar-refractivity contribution is 5.87. The van der Waals surface area contributed by atoms with E-state index in [1.165, 1.54) is 0 Å². The number of benzene rings is 1. The number of aryl methyl sites for hydroxylation is 1. The Labute approximate surface area is 141 Å². The van der Waals surface area contributed by atoms with Crippen molar-refractivity contribution in [3.63, 3.8) is 0 Å². The summed E-state index contributed by atoms with van der Waals surface area (Å²) in [4.78, 5) is 23.3. The molecule has 6 nitrogen and oxygen atoms in total. The number of nitrogens with one attached hydrogen (secondary N) is 1. The maximum atomic E-state index is 12.1. The molecule has 1 atom stereocenters. The van der Waals surface area contributed by atoms with Gasteiger partial charge in [-0.25, -0.2) is 4.79 Å². The number of nitrogens with zero attached hydrogens (tertiary/aromatic N) is 1. The van der Waals surface area contributed by atoms with Crippen molar-refractivity contribution in [2.45, 2.75) is 39.3 Å². The summed E-state index contributed by atoms with van der Waals surface area (Å²) in [5, 5.41) is 12.8. The predicted molar refractivity (Wildman–Crippen MR) is 92.1 cm³/mol. The summed E-state index contributed by atoms with van der Waals surface area (Å²) in [6.07, 6.45) is 2.55. The fourth-order valence-electron chi connectivity index (χ4n) is 2.75. The van der Waals surface area contributed by atoms with Gasteiger partial charge in [0.05, 0.1) is 12.6 Å². The number of carboxylic acid groups (broad SMARTS) is 1. The minimum atomic E-state index is -0.992. The van der Waals surface area contributed by atoms with Gasteiger partial charge in [-0.1, -0.05) is 19.9 Å². The molecule has 0 radical (unpaired) electrons. The van der Waals surface area contributed by atoms with Gasteiger partial charge >= 0.3 is 5.97 Å². The highest BCUT2D eigenvalue weighted by Gasteiger charge is 2.20. The number of aliphatic carboxylic acids is 1. The fraction of sp³-hybridized carbons (Fsp3) is 0.444. The largest absolute Gasteiger partial charge is 0.496 e. The van der Waals surface area contributed by atoms with Crippen LogP contribution in [0.3, 0.4) is 0 Å². The normalized spacial score (nSPS) is 12.3. The third kappa shape index (κ3) is 4.28. The van der Waals surface area contributed by atoms with E-state index in [4.69, 9.17) is 4.74 Å². The number of aromatic nitrogens is 1. The van der Waals surface area contributed by atoms with Gasteiger partial charge < -0.3 is 19.7 Å². The lowest BCUT2D eigenvalue weighted by Gasteiger charge is -2.16. The Hall–Kier alpha value is -2.50. The van der Waals surface area contributed by atoms with E-state index in [0.29, 0.717) is 13.0 Å². The molecule has 0 bridgehead atoms. The molecule has 24 heavy (non-hydrogen) atoms. The molecular formula is C18H24N2O4. The monoisotopic (exact) mass is 332 g/mol. The van der Waals surface area contributed by atoms with Gasteiger partial charge in [0.1, 0.15) is 11.8 Å². The Kier molecular flexibility index (Phi) is 5.84. The van der Waals surface area contributed by atoms with Crippen LogP contribution in [0.5, 0.6) is 5.75 Å². The first-order valence-electron chi connectivity index (χ1n) is 8.06. The second kappa shape index (κ2) is 7.86. The molecule has 0 aliphatic heterocycles. The Morgan fingerprint density at radius 1 is 1.29 bits per heavy atom. The third-order valence-corrected chi connectivity index (χ3v) is 3.91. The van der Waals surface area contributed by atoms with Gasteiger partial charge in [0.2, 0.25) is 5.91 Å². The molecule has 1 aromatic carbocycles. The number of rotatable bonds is 8. The number of amides is 1. The molecule has 130 valence electrons. The molecule has 0 spiro atoms. The molecule has 0 aliphatic carbocycles. The summed E-state index contributed by atoms with van der Waals surface area (Å²) in [6.45, 7) is 4.35. The van der Waals surface area contributed by atoms with Crippen LogP contribution >= 0.6 is 0 Å². The Bertz CT molecular complexity index is 721. The van der Waals surface area contributed by atoms with Gasteiger partial charge in [-0.05, 0) is 30.5 Å². The summed E-state index contributed by atoms with van der Waals surface area (Å²) < 4.78 is 7.29. The number of ether oxygens (including phenoxy) is 1. The molecule has 0 aliphatic rings. The van der Waals surface area contributed by atoms with Gasteiger partial charge in [0, 0.05) is 24.5 Å². The van der Waals surface area contributed by atoms with Crippen molar-refractivity contribution in [2.24, 2.45) is 5.92 Å². The quantitative estimate of drug-likeness (QED) is 0.779. The SMILES string of the molecule is COc1cccc2c1ccn2CCC(=O)N[C@@H](CC(C)C)C(=O)O. The zero-order chi connectivity index (χ0) is 17.7. The number of methoxy groups -OCH3 is 1. The molecular weight excluding hydrogens is 308 g/mol. The Morgan fingerprint density at radius 2 is 2.04 bits per heavy atom. The van der Waals surface area contributed by atoms with Gasteiger partial charge in [-0.3, -0.25) is 4.79 Å². The van der Waals surface area contributed by atoms with E-state index in [1.807, 2.05) is 48.9 Å². The molecule has 0 fully saturated rings. The summed E-state index contributed by atoms with van der Waals surface area (Å²) >= 11 is 0. The van der Waals surface area contributed by atoms with Crippen LogP contribution in [0.25, 0.3) is 10.9 Å². The third-order valence-electron chi connectivity index (χ3n) is 3.91. The summed E-state index contributed by atoms with van der Waals surface area (Å²) in [6, 6.07) is 6.88. The van der Waals surface area contributed by atoms with Gasteiger partial charge in [-0.2, -0.15) is 0 Å². The van der Waals surface area contributed by atoms with Crippen LogP contribution in [0.1, 0.15) is 26.7 Å². The van der Waals surface area contributed by atoms with E-state index in [1.54, 1.807) is 7.11 Å². The van der Waals surface area contributed by atoms with Crippen molar-refractivity contribution in [1.29, 1.82) is 0 Å². The Balaban J connectivity index is 2.00. The highest BCUT2D eigenvalue weighted by atomic mass is 16.5. The zero-order valence-electron chi connectivity index (χ0n) is 14.3. The van der Waals surface area contributed by atoms with E-state index in [2.05, 4.69) is 5.32 Å². The molecule has 0 saturated carbocycles. The van der Waals surface area contributed by atoms with Crippen molar-refractivity contribution >= 4 is 22.8 Å². The molecule has 2 rings (SSSR count). The number of hydrogen-bond acceptors (Lipinski definition) is 3. The predicted octanol–water partition coefficient (Wildman–Crippen LogP) is 2.66. The number of fused-ring (bicyclic) bond motifs is 1. The first-order chi connectivity index (χ1) is 11.4. The zero-order valence-corrected chi connectivity index (χ0v) is 14.3. The molecule has 1 amide bonds. The molecule has 6 heteroatoms. The summed E-state index contributed by atoms with van der Waals surface area (Å²) in [7, 11) is 1.63. The second-order valence-electron chi connectivity index (χ2n) is 6.24. The molecule has 1 aromatic heterocycles. The smallest absolute Gasteiger partial charge is 0.326 e. The summed E-state index contributed by atoms with van der Waals surface area (Å²) in [5.74, 6) is -0.258. The van der Waals surface area contributed by atoms with Crippen molar-refractivity contribution in [2.75, 3.05) is 7.11 Å². The highest BCUT2D eigenvalue weighted by Crippen LogP contribution is 2.26. The molecule has 0 unspecified atom stereocenters. The minimum absolute atomic E-state index is 0.201. The van der Waals surface area contributed by atoms with Crippen molar-refractivity contribution in [3.8, 4) is 5.75 Å². The first kappa shape index (κ1) is 17.8. The average Bonchev–Trinajstić information content (AvgIpc) is 2.95. The van der Waals surface area contributed by atoms with E-state index < -0.39 is 12.0 Å². The van der Waals surface area contributed by atoms with Crippen LogP contribution in [0.4, 0.5) is 0 Å². The minimum Gasteiger partial charge on any atom is -0.496 e. The van der Waals surface area contributed by atoms with Gasteiger partial charge in [-0.15, -0.1) is 0 Å². The molecule has 1 heterocycles. The lowest BCUT2D eigenvalue weighted by Crippen LogP contribution is -2.41. The van der Waals surface area contributed by atoms with Crippen LogP contribution in [0.15, 0.2) is 30.5 Å². The standard InChI is InChI=1S/C18H24N2O4/c1-12(2)11-14(18(22)23)19-17(21)8-10-20-9-7-13-15(20)5-4-6-16(13)24-3/h4-7,9,12,14H,8,10-11H2,1-3H3,(H,19,21)(H,22,23)/t14-/m0/s1. The van der Waals surface area contributed by atoms with Crippen LogP contribution < -0.4 is 10.1 Å². The number of carbonyl (C=O) groups is 2. The fourth-order valence-corrected chi connectivity index (χ4v) is 2.75. The van der Waals surface area contributed by atoms with Crippen molar-refractivity contribution in [1.82, 2.24) is 9.88 Å². The van der Waals surface area contributed by atoms with Crippen molar-refractivity contribution in [3.05, 3.63) is 30.5 Å². The number of carbonyl (C=O) groups excluding carboxylic acids is 1. The maximum absolute atomic E-state index is 12.1. The van der Waals surface area contributed by atoms with Gasteiger partial charge in [0.15, 0.2) is 0 Å². The summed E-state index contributed by atoms with van der Waals surface area (Å²) in [5.41, 5.74) is 0.985. The second-order valence-corrected chi connectivity index (χ2v) is 6.24. The lowest BCUT2D eigenvalue weighted by molar-refractivity contribution is -0.142. The van der Waals surface area contributed by atoms with Crippen molar-refractivity contribution < 1.29 is 19.4 Å². The van der Waals surface area contributed by atoms with Gasteiger partial charge in [0.25, 0.3) is 0 Å².